The number of pyridine rings is 1. The lowest BCUT2D eigenvalue weighted by atomic mass is 10.2. The summed E-state index contributed by atoms with van der Waals surface area (Å²) in [6.45, 7) is 0. The molecule has 0 fully saturated rings. The Morgan fingerprint density at radius 3 is 2.85 bits per heavy atom. The van der Waals surface area contributed by atoms with E-state index in [4.69, 9.17) is 0 Å². The van der Waals surface area contributed by atoms with Crippen LogP contribution >= 0.6 is 15.9 Å². The number of anilines is 1. The second-order valence-corrected chi connectivity index (χ2v) is 6.62. The van der Waals surface area contributed by atoms with Crippen molar-refractivity contribution in [2.75, 3.05) is 4.72 Å². The molecule has 20 heavy (non-hydrogen) atoms. The number of para-hydroxylation sites is 1. The van der Waals surface area contributed by atoms with Crippen LogP contribution in [0.25, 0.3) is 10.9 Å². The molecule has 6 nitrogen and oxygen atoms in total. The van der Waals surface area contributed by atoms with Gasteiger partial charge in [0.2, 0.25) is 0 Å². The molecule has 0 aliphatic rings. The van der Waals surface area contributed by atoms with Crippen LogP contribution in [0.1, 0.15) is 0 Å². The number of hydrogen-bond donors (Lipinski definition) is 2. The zero-order chi connectivity index (χ0) is 14.2. The molecule has 2 N–H and O–H groups in total. The van der Waals surface area contributed by atoms with E-state index in [-0.39, 0.29) is 5.03 Å². The van der Waals surface area contributed by atoms with Crippen LogP contribution in [-0.2, 0) is 10.0 Å². The van der Waals surface area contributed by atoms with Gasteiger partial charge in [0.1, 0.15) is 0 Å². The third-order valence-electron chi connectivity index (χ3n) is 2.69. The van der Waals surface area contributed by atoms with Gasteiger partial charge < -0.3 is 0 Å². The van der Waals surface area contributed by atoms with Gasteiger partial charge in [-0.2, -0.15) is 13.5 Å². The summed E-state index contributed by atoms with van der Waals surface area (Å²) in [5, 5.41) is 6.91. The Labute approximate surface area is 123 Å². The maximum Gasteiger partial charge on any atom is 0.278 e. The Bertz CT molecular complexity index is 862. The Balaban J connectivity index is 2.08. The largest absolute Gasteiger partial charge is 0.278 e. The van der Waals surface area contributed by atoms with Gasteiger partial charge in [0.15, 0.2) is 5.03 Å². The highest BCUT2D eigenvalue weighted by Crippen LogP contribution is 2.25. The minimum Gasteiger partial charge on any atom is -0.276 e. The molecule has 0 saturated heterocycles. The normalized spacial score (nSPS) is 11.7. The Morgan fingerprint density at radius 1 is 1.25 bits per heavy atom. The molecule has 0 saturated carbocycles. The molecule has 2 aromatic heterocycles. The number of nitrogens with zero attached hydrogens (tertiary/aromatic N) is 2. The first-order chi connectivity index (χ1) is 9.56. The van der Waals surface area contributed by atoms with E-state index in [9.17, 15) is 8.42 Å². The lowest BCUT2D eigenvalue weighted by Crippen LogP contribution is -2.13. The van der Waals surface area contributed by atoms with Crippen molar-refractivity contribution in [2.24, 2.45) is 0 Å². The molecule has 8 heteroatoms. The highest BCUT2D eigenvalue weighted by molar-refractivity contribution is 9.10. The molecule has 0 radical (unpaired) electrons. The molecular weight excluding hydrogens is 344 g/mol. The van der Waals surface area contributed by atoms with Crippen molar-refractivity contribution in [3.63, 3.8) is 0 Å². The Hall–Kier alpha value is -1.93. The molecule has 102 valence electrons. The Kier molecular flexibility index (Phi) is 3.19. The first-order valence-electron chi connectivity index (χ1n) is 5.63. The van der Waals surface area contributed by atoms with E-state index in [0.29, 0.717) is 11.2 Å². The number of rotatable bonds is 3. The molecule has 3 aromatic rings. The highest BCUT2D eigenvalue weighted by atomic mass is 79.9. The van der Waals surface area contributed by atoms with E-state index in [1.165, 1.54) is 12.3 Å². The molecule has 0 aliphatic carbocycles. The zero-order valence-corrected chi connectivity index (χ0v) is 12.4. The first kappa shape index (κ1) is 13.1. The van der Waals surface area contributed by atoms with Gasteiger partial charge in [-0.1, -0.05) is 12.1 Å². The van der Waals surface area contributed by atoms with Crippen LogP contribution in [0.4, 0.5) is 5.69 Å². The highest BCUT2D eigenvalue weighted by Gasteiger charge is 2.17. The van der Waals surface area contributed by atoms with Crippen LogP contribution in [0.3, 0.4) is 0 Å². The van der Waals surface area contributed by atoms with E-state index < -0.39 is 10.0 Å². The smallest absolute Gasteiger partial charge is 0.276 e. The van der Waals surface area contributed by atoms with Crippen molar-refractivity contribution in [1.29, 1.82) is 0 Å². The van der Waals surface area contributed by atoms with Crippen molar-refractivity contribution >= 4 is 42.5 Å². The maximum atomic E-state index is 12.2. The van der Waals surface area contributed by atoms with Gasteiger partial charge in [-0.05, 0) is 34.1 Å². The third-order valence-corrected chi connectivity index (χ3v) is 4.42. The van der Waals surface area contributed by atoms with E-state index in [0.717, 1.165) is 9.86 Å². The molecule has 0 amide bonds. The zero-order valence-electron chi connectivity index (χ0n) is 10.0. The van der Waals surface area contributed by atoms with Gasteiger partial charge in [-0.25, -0.2) is 0 Å². The number of nitrogens with one attached hydrogen (secondary N) is 2. The van der Waals surface area contributed by atoms with Gasteiger partial charge in [-0.3, -0.25) is 14.8 Å². The molecule has 2 heterocycles. The lowest BCUT2D eigenvalue weighted by molar-refractivity contribution is 0.597. The lowest BCUT2D eigenvalue weighted by Gasteiger charge is -2.08. The van der Waals surface area contributed by atoms with Crippen LogP contribution < -0.4 is 4.72 Å². The molecule has 0 aliphatic heterocycles. The maximum absolute atomic E-state index is 12.2. The summed E-state index contributed by atoms with van der Waals surface area (Å²) < 4.78 is 27.6. The van der Waals surface area contributed by atoms with Gasteiger partial charge >= 0.3 is 0 Å². The fourth-order valence-electron chi connectivity index (χ4n) is 1.81. The Morgan fingerprint density at radius 2 is 2.10 bits per heavy atom. The first-order valence-corrected chi connectivity index (χ1v) is 7.90. The minimum atomic E-state index is -3.69. The van der Waals surface area contributed by atoms with Crippen LogP contribution in [-0.4, -0.2) is 23.6 Å². The van der Waals surface area contributed by atoms with Crippen LogP contribution in [0, 0.1) is 0 Å². The molecule has 0 bridgehead atoms. The van der Waals surface area contributed by atoms with Gasteiger partial charge in [0, 0.05) is 16.1 Å². The summed E-state index contributed by atoms with van der Waals surface area (Å²) in [7, 11) is -3.69. The second kappa shape index (κ2) is 4.88. The van der Waals surface area contributed by atoms with E-state index in [1.807, 2.05) is 12.1 Å². The summed E-state index contributed by atoms with van der Waals surface area (Å²) in [5.41, 5.74) is 1.00. The van der Waals surface area contributed by atoms with Crippen molar-refractivity contribution in [2.45, 2.75) is 5.03 Å². The van der Waals surface area contributed by atoms with Gasteiger partial charge in [0.05, 0.1) is 17.4 Å². The van der Waals surface area contributed by atoms with E-state index in [2.05, 4.69) is 35.8 Å². The van der Waals surface area contributed by atoms with Crippen LogP contribution in [0.5, 0.6) is 0 Å². The molecule has 0 unspecified atom stereocenters. The molecule has 0 atom stereocenters. The van der Waals surface area contributed by atoms with Crippen LogP contribution in [0.15, 0.2) is 52.2 Å². The minimum absolute atomic E-state index is 0.00612. The quantitative estimate of drug-likeness (QED) is 0.757. The van der Waals surface area contributed by atoms with Crippen molar-refractivity contribution < 1.29 is 8.42 Å². The summed E-state index contributed by atoms with van der Waals surface area (Å²) in [4.78, 5) is 4.25. The number of halogens is 1. The summed E-state index contributed by atoms with van der Waals surface area (Å²) in [6, 6.07) is 8.55. The molecule has 0 spiro atoms. The summed E-state index contributed by atoms with van der Waals surface area (Å²) in [5.74, 6) is 0. The number of hydrogen-bond acceptors (Lipinski definition) is 4. The van der Waals surface area contributed by atoms with Gasteiger partial charge in [-0.15, -0.1) is 0 Å². The fraction of sp³-hybridized carbons (Fsp3) is 0. The molecule has 1 aromatic carbocycles. The average molecular weight is 353 g/mol. The predicted molar refractivity (Wildman–Crippen MR) is 78.8 cm³/mol. The van der Waals surface area contributed by atoms with Crippen molar-refractivity contribution in [1.82, 2.24) is 15.2 Å². The molecule has 3 rings (SSSR count). The SMILES string of the molecule is O=S(=O)(Nc1cccc2cc(Br)cnc12)c1ccn[nH]1. The summed E-state index contributed by atoms with van der Waals surface area (Å²) in [6.07, 6.45) is 3.00. The number of H-pyrrole nitrogens is 1. The predicted octanol–water partition coefficient (Wildman–Crippen LogP) is 2.52. The van der Waals surface area contributed by atoms with E-state index >= 15 is 0 Å². The number of aromatic amines is 1. The topological polar surface area (TPSA) is 87.7 Å². The molecular formula is C12H9BrN4O2S. The third kappa shape index (κ3) is 2.39. The number of fused-ring (bicyclic) bond motifs is 1. The van der Waals surface area contributed by atoms with Gasteiger partial charge in [0.25, 0.3) is 10.0 Å². The average Bonchev–Trinajstić information content (AvgIpc) is 2.93. The monoisotopic (exact) mass is 352 g/mol. The number of benzene rings is 1. The van der Waals surface area contributed by atoms with Crippen LogP contribution in [0.2, 0.25) is 0 Å². The number of sulfonamides is 1. The fourth-order valence-corrected chi connectivity index (χ4v) is 3.13. The van der Waals surface area contributed by atoms with E-state index in [1.54, 1.807) is 18.3 Å². The number of aromatic nitrogens is 3. The standard InChI is InChI=1S/C12H9BrN4O2S/c13-9-6-8-2-1-3-10(12(8)14-7-9)17-20(18,19)11-4-5-15-16-11/h1-7,17H,(H,15,16). The van der Waals surface area contributed by atoms with Crippen molar-refractivity contribution in [3.05, 3.63) is 47.2 Å². The second-order valence-electron chi connectivity index (χ2n) is 4.06. The summed E-state index contributed by atoms with van der Waals surface area (Å²) >= 11 is 3.34. The van der Waals surface area contributed by atoms with Crippen molar-refractivity contribution in [3.8, 4) is 0 Å².